The van der Waals surface area contributed by atoms with Crippen LogP contribution >= 0.6 is 11.6 Å². The summed E-state index contributed by atoms with van der Waals surface area (Å²) in [5.74, 6) is 1.36. The Hall–Kier alpha value is -1.22. The molecule has 0 aliphatic rings. The molecule has 4 heteroatoms. The van der Waals surface area contributed by atoms with E-state index in [9.17, 15) is 4.79 Å². The molecule has 0 N–H and O–H groups in total. The van der Waals surface area contributed by atoms with Crippen molar-refractivity contribution in [2.75, 3.05) is 14.2 Å². The van der Waals surface area contributed by atoms with Gasteiger partial charge in [-0.25, -0.2) is 0 Å². The molecule has 0 bridgehead atoms. The molecule has 0 atom stereocenters. The lowest BCUT2D eigenvalue weighted by Crippen LogP contribution is -1.99. The Morgan fingerprint density at radius 1 is 1.31 bits per heavy atom. The normalized spacial score (nSPS) is 10.0. The number of rotatable bonds is 5. The predicted molar refractivity (Wildman–Crippen MR) is 63.7 cm³/mol. The van der Waals surface area contributed by atoms with Crippen LogP contribution in [0.1, 0.15) is 17.5 Å². The van der Waals surface area contributed by atoms with Gasteiger partial charge in [0.1, 0.15) is 17.8 Å². The Balaban J connectivity index is 3.23. The molecule has 0 heterocycles. The van der Waals surface area contributed by atoms with Gasteiger partial charge in [-0.2, -0.15) is 0 Å². The summed E-state index contributed by atoms with van der Waals surface area (Å²) in [5, 5.41) is 0.543. The summed E-state index contributed by atoms with van der Waals surface area (Å²) in [6, 6.07) is 1.79. The monoisotopic (exact) mass is 242 g/mol. The molecule has 1 aromatic rings. The van der Waals surface area contributed by atoms with E-state index in [4.69, 9.17) is 21.1 Å². The summed E-state index contributed by atoms with van der Waals surface area (Å²) in [7, 11) is 3.17. The summed E-state index contributed by atoms with van der Waals surface area (Å²) in [6.07, 6.45) is 1.96. The highest BCUT2D eigenvalue weighted by atomic mass is 35.5. The standard InChI is InChI=1S/C12H15ClO3/c1-8-11(15-2)9(5-4-6-14)7-10(13)12(8)16-3/h6-7H,4-5H2,1-3H3. The molecule has 0 aliphatic carbocycles. The minimum absolute atomic E-state index is 0.457. The lowest BCUT2D eigenvalue weighted by atomic mass is 10.0. The highest BCUT2D eigenvalue weighted by molar-refractivity contribution is 6.32. The maximum Gasteiger partial charge on any atom is 0.144 e. The second-order valence-corrected chi connectivity index (χ2v) is 3.82. The molecule has 0 fully saturated rings. The van der Waals surface area contributed by atoms with Crippen LogP contribution < -0.4 is 9.47 Å². The number of halogens is 1. The first kappa shape index (κ1) is 12.8. The number of aldehydes is 1. The van der Waals surface area contributed by atoms with Crippen molar-refractivity contribution in [1.29, 1.82) is 0 Å². The molecule has 0 spiro atoms. The summed E-state index contributed by atoms with van der Waals surface area (Å²) < 4.78 is 10.5. The summed E-state index contributed by atoms with van der Waals surface area (Å²) in [4.78, 5) is 10.4. The van der Waals surface area contributed by atoms with Crippen molar-refractivity contribution in [1.82, 2.24) is 0 Å². The van der Waals surface area contributed by atoms with E-state index in [1.54, 1.807) is 20.3 Å². The van der Waals surface area contributed by atoms with Gasteiger partial charge in [0.15, 0.2) is 0 Å². The number of carbonyl (C=O) groups excluding carboxylic acids is 1. The minimum atomic E-state index is 0.457. The molecule has 0 saturated heterocycles. The number of hydrogen-bond donors (Lipinski definition) is 0. The van der Waals surface area contributed by atoms with Crippen molar-refractivity contribution in [2.24, 2.45) is 0 Å². The Morgan fingerprint density at radius 2 is 1.94 bits per heavy atom. The van der Waals surface area contributed by atoms with Gasteiger partial charge >= 0.3 is 0 Å². The van der Waals surface area contributed by atoms with Crippen LogP contribution in [0.5, 0.6) is 11.5 Å². The van der Waals surface area contributed by atoms with Crippen molar-refractivity contribution < 1.29 is 14.3 Å². The molecular formula is C12H15ClO3. The van der Waals surface area contributed by atoms with Crippen LogP contribution in [0.3, 0.4) is 0 Å². The van der Waals surface area contributed by atoms with E-state index in [0.717, 1.165) is 23.2 Å². The fourth-order valence-corrected chi connectivity index (χ4v) is 2.09. The average Bonchev–Trinajstić information content (AvgIpc) is 2.26. The van der Waals surface area contributed by atoms with Crippen LogP contribution in [0.15, 0.2) is 6.07 Å². The molecule has 0 unspecified atom stereocenters. The molecule has 16 heavy (non-hydrogen) atoms. The fourth-order valence-electron chi connectivity index (χ4n) is 1.74. The number of carbonyl (C=O) groups is 1. The molecule has 1 rings (SSSR count). The molecule has 88 valence electrons. The van der Waals surface area contributed by atoms with Gasteiger partial charge in [0.2, 0.25) is 0 Å². The summed E-state index contributed by atoms with van der Waals surface area (Å²) in [5.41, 5.74) is 1.79. The predicted octanol–water partition coefficient (Wildman–Crippen LogP) is 2.80. The molecule has 0 radical (unpaired) electrons. The molecule has 0 aromatic heterocycles. The molecule has 0 aliphatic heterocycles. The van der Waals surface area contributed by atoms with Crippen LogP contribution in [-0.2, 0) is 11.2 Å². The number of methoxy groups -OCH3 is 2. The van der Waals surface area contributed by atoms with E-state index in [2.05, 4.69) is 0 Å². The van der Waals surface area contributed by atoms with E-state index in [1.807, 2.05) is 6.92 Å². The zero-order chi connectivity index (χ0) is 12.1. The molecule has 1 aromatic carbocycles. The van der Waals surface area contributed by atoms with Crippen LogP contribution in [0.25, 0.3) is 0 Å². The fraction of sp³-hybridized carbons (Fsp3) is 0.417. The number of hydrogen-bond acceptors (Lipinski definition) is 3. The first-order valence-electron chi connectivity index (χ1n) is 4.99. The molecule has 3 nitrogen and oxygen atoms in total. The Kier molecular flexibility index (Phi) is 4.62. The summed E-state index contributed by atoms with van der Waals surface area (Å²) >= 11 is 6.07. The van der Waals surface area contributed by atoms with Crippen molar-refractivity contribution in [3.63, 3.8) is 0 Å². The minimum Gasteiger partial charge on any atom is -0.496 e. The molecule has 0 saturated carbocycles. The smallest absolute Gasteiger partial charge is 0.144 e. The van der Waals surface area contributed by atoms with Gasteiger partial charge < -0.3 is 14.3 Å². The van der Waals surface area contributed by atoms with Gasteiger partial charge in [-0.3, -0.25) is 0 Å². The van der Waals surface area contributed by atoms with E-state index < -0.39 is 0 Å². The van der Waals surface area contributed by atoms with Crippen LogP contribution in [0.2, 0.25) is 5.02 Å². The van der Waals surface area contributed by atoms with Crippen LogP contribution in [-0.4, -0.2) is 20.5 Å². The Morgan fingerprint density at radius 3 is 2.44 bits per heavy atom. The first-order valence-corrected chi connectivity index (χ1v) is 5.37. The highest BCUT2D eigenvalue weighted by Gasteiger charge is 2.15. The van der Waals surface area contributed by atoms with Gasteiger partial charge in [-0.05, 0) is 25.0 Å². The maximum atomic E-state index is 10.4. The number of ether oxygens (including phenoxy) is 2. The van der Waals surface area contributed by atoms with E-state index in [0.29, 0.717) is 23.6 Å². The van der Waals surface area contributed by atoms with Gasteiger partial charge in [0, 0.05) is 12.0 Å². The van der Waals surface area contributed by atoms with Crippen molar-refractivity contribution in [3.05, 3.63) is 22.2 Å². The topological polar surface area (TPSA) is 35.5 Å². The lowest BCUT2D eigenvalue weighted by molar-refractivity contribution is -0.107. The second-order valence-electron chi connectivity index (χ2n) is 3.41. The van der Waals surface area contributed by atoms with Gasteiger partial charge in [-0.1, -0.05) is 11.6 Å². The average molecular weight is 243 g/mol. The van der Waals surface area contributed by atoms with E-state index in [-0.39, 0.29) is 0 Å². The van der Waals surface area contributed by atoms with Crippen LogP contribution in [0, 0.1) is 6.92 Å². The van der Waals surface area contributed by atoms with Crippen molar-refractivity contribution in [3.8, 4) is 11.5 Å². The first-order chi connectivity index (χ1) is 7.65. The quantitative estimate of drug-likeness (QED) is 0.745. The number of benzene rings is 1. The van der Waals surface area contributed by atoms with Gasteiger partial charge in [0.05, 0.1) is 19.2 Å². The van der Waals surface area contributed by atoms with Crippen LogP contribution in [0.4, 0.5) is 0 Å². The largest absolute Gasteiger partial charge is 0.496 e. The molecule has 0 amide bonds. The number of aryl methyl sites for hydroxylation is 1. The Bertz CT molecular complexity index is 388. The van der Waals surface area contributed by atoms with Gasteiger partial charge in [-0.15, -0.1) is 0 Å². The zero-order valence-electron chi connectivity index (χ0n) is 9.67. The third-order valence-corrected chi connectivity index (χ3v) is 2.71. The highest BCUT2D eigenvalue weighted by Crippen LogP contribution is 2.38. The third kappa shape index (κ3) is 2.47. The van der Waals surface area contributed by atoms with E-state index >= 15 is 0 Å². The SMILES string of the molecule is COc1c(Cl)cc(CCC=O)c(OC)c1C. The van der Waals surface area contributed by atoms with Crippen molar-refractivity contribution in [2.45, 2.75) is 19.8 Å². The molecular weight excluding hydrogens is 228 g/mol. The van der Waals surface area contributed by atoms with Crippen molar-refractivity contribution >= 4 is 17.9 Å². The Labute approximate surface area is 100 Å². The second kappa shape index (κ2) is 5.75. The summed E-state index contributed by atoms with van der Waals surface area (Å²) in [6.45, 7) is 1.88. The zero-order valence-corrected chi connectivity index (χ0v) is 10.4. The van der Waals surface area contributed by atoms with Gasteiger partial charge in [0.25, 0.3) is 0 Å². The third-order valence-electron chi connectivity index (χ3n) is 2.43. The van der Waals surface area contributed by atoms with E-state index in [1.165, 1.54) is 0 Å². The lowest BCUT2D eigenvalue weighted by Gasteiger charge is -2.15. The maximum absolute atomic E-state index is 10.4.